The van der Waals surface area contributed by atoms with Crippen LogP contribution >= 0.6 is 0 Å². The molecule has 0 aliphatic carbocycles. The van der Waals surface area contributed by atoms with E-state index < -0.39 is 10.8 Å². The number of likely N-dealkylation sites (N-methyl/N-ethyl adjacent to an activating group) is 1. The van der Waals surface area contributed by atoms with Crippen molar-refractivity contribution in [2.75, 3.05) is 31.8 Å². The van der Waals surface area contributed by atoms with Crippen LogP contribution in [0, 0.1) is 0 Å². The van der Waals surface area contributed by atoms with Gasteiger partial charge in [-0.15, -0.1) is 0 Å². The van der Waals surface area contributed by atoms with Crippen LogP contribution in [0.15, 0.2) is 0 Å². The molecule has 2 unspecified atom stereocenters. The fourth-order valence-corrected chi connectivity index (χ4v) is 2.71. The molecule has 0 spiro atoms. The Labute approximate surface area is 90.1 Å². The van der Waals surface area contributed by atoms with Crippen LogP contribution in [0.4, 0.5) is 0 Å². The minimum absolute atomic E-state index is 0.239. The highest BCUT2D eigenvalue weighted by Crippen LogP contribution is 1.96. The van der Waals surface area contributed by atoms with Gasteiger partial charge in [-0.1, -0.05) is 20.3 Å². The second-order valence-corrected chi connectivity index (χ2v) is 5.00. The maximum atomic E-state index is 11.6. The fraction of sp³-hybridized carbons (Fsp3) is 1.00. The molecule has 14 heavy (non-hydrogen) atoms. The summed E-state index contributed by atoms with van der Waals surface area (Å²) in [4.78, 5) is 0. The summed E-state index contributed by atoms with van der Waals surface area (Å²) in [5.41, 5.74) is 0. The first-order valence-electron chi connectivity index (χ1n) is 5.31. The molecule has 0 bridgehead atoms. The topological polar surface area (TPSA) is 38.3 Å². The molecule has 0 aliphatic rings. The van der Waals surface area contributed by atoms with Gasteiger partial charge in [-0.3, -0.25) is 4.21 Å². The lowest BCUT2D eigenvalue weighted by Gasteiger charge is -2.16. The fourth-order valence-electron chi connectivity index (χ4n) is 1.27. The highest BCUT2D eigenvalue weighted by atomic mass is 32.2. The Morgan fingerprint density at radius 1 is 1.43 bits per heavy atom. The van der Waals surface area contributed by atoms with Gasteiger partial charge in [-0.25, -0.2) is 0 Å². The van der Waals surface area contributed by atoms with Gasteiger partial charge in [0, 0.05) is 35.5 Å². The normalized spacial score (nSPS) is 15.4. The highest BCUT2D eigenvalue weighted by molar-refractivity contribution is 7.85. The predicted molar refractivity (Wildman–Crippen MR) is 62.1 cm³/mol. The van der Waals surface area contributed by atoms with Gasteiger partial charge in [0.15, 0.2) is 0 Å². The van der Waals surface area contributed by atoms with Crippen LogP contribution in [0.2, 0.25) is 0 Å². The van der Waals surface area contributed by atoms with Gasteiger partial charge in [-0.2, -0.15) is 0 Å². The van der Waals surface area contributed by atoms with Crippen molar-refractivity contribution in [3.63, 3.8) is 0 Å². The molecule has 0 amide bonds. The zero-order valence-electron chi connectivity index (χ0n) is 9.54. The largest absolute Gasteiger partial charge is 0.383 e. The van der Waals surface area contributed by atoms with Gasteiger partial charge in [-0.05, 0) is 13.0 Å². The van der Waals surface area contributed by atoms with E-state index >= 15 is 0 Å². The summed E-state index contributed by atoms with van der Waals surface area (Å²) in [7, 11) is 0.984. The Hall–Kier alpha value is 0.0700. The zero-order chi connectivity index (χ0) is 10.8. The summed E-state index contributed by atoms with van der Waals surface area (Å²) in [6.45, 7) is 5.72. The minimum atomic E-state index is -0.695. The molecule has 4 heteroatoms. The van der Waals surface area contributed by atoms with Crippen molar-refractivity contribution in [1.82, 2.24) is 5.32 Å². The lowest BCUT2D eigenvalue weighted by Crippen LogP contribution is -2.38. The molecule has 0 radical (unpaired) electrons. The van der Waals surface area contributed by atoms with Crippen molar-refractivity contribution < 1.29 is 8.95 Å². The SMILES string of the molecule is CCCCS(=O)CC(COC)NCC. The average molecular weight is 221 g/mol. The molecular formula is C10H23NO2S. The zero-order valence-corrected chi connectivity index (χ0v) is 10.4. The van der Waals surface area contributed by atoms with Crippen molar-refractivity contribution in [1.29, 1.82) is 0 Å². The van der Waals surface area contributed by atoms with Gasteiger partial charge in [0.25, 0.3) is 0 Å². The molecule has 0 saturated heterocycles. The quantitative estimate of drug-likeness (QED) is 0.635. The van der Waals surface area contributed by atoms with E-state index in [1.54, 1.807) is 7.11 Å². The van der Waals surface area contributed by atoms with Crippen molar-refractivity contribution in [3.8, 4) is 0 Å². The molecule has 2 atom stereocenters. The summed E-state index contributed by atoms with van der Waals surface area (Å²) in [5, 5.41) is 3.27. The van der Waals surface area contributed by atoms with Crippen LogP contribution < -0.4 is 5.32 Å². The first kappa shape index (κ1) is 14.1. The second-order valence-electron chi connectivity index (χ2n) is 3.37. The lowest BCUT2D eigenvalue weighted by molar-refractivity contribution is 0.174. The van der Waals surface area contributed by atoms with E-state index in [9.17, 15) is 4.21 Å². The second kappa shape index (κ2) is 9.62. The molecule has 0 aliphatic heterocycles. The summed E-state index contributed by atoms with van der Waals surface area (Å²) in [5.74, 6) is 1.53. The van der Waals surface area contributed by atoms with E-state index in [1.807, 2.05) is 0 Å². The molecule has 3 nitrogen and oxygen atoms in total. The Balaban J connectivity index is 3.71. The molecule has 0 aromatic rings. The van der Waals surface area contributed by atoms with E-state index in [0.29, 0.717) is 12.4 Å². The highest BCUT2D eigenvalue weighted by Gasteiger charge is 2.10. The van der Waals surface area contributed by atoms with Crippen molar-refractivity contribution in [2.45, 2.75) is 32.7 Å². The van der Waals surface area contributed by atoms with E-state index in [2.05, 4.69) is 19.2 Å². The Kier molecular flexibility index (Phi) is 9.67. The van der Waals surface area contributed by atoms with Crippen LogP contribution in [-0.2, 0) is 15.5 Å². The Bertz CT molecular complexity index is 147. The molecule has 0 saturated carbocycles. The number of methoxy groups -OCH3 is 1. The van der Waals surface area contributed by atoms with Crippen molar-refractivity contribution >= 4 is 10.8 Å². The van der Waals surface area contributed by atoms with Crippen LogP contribution in [0.25, 0.3) is 0 Å². The molecule has 0 fully saturated rings. The monoisotopic (exact) mass is 221 g/mol. The van der Waals surface area contributed by atoms with Gasteiger partial charge in [0.2, 0.25) is 0 Å². The lowest BCUT2D eigenvalue weighted by atomic mass is 10.3. The summed E-state index contributed by atoms with van der Waals surface area (Å²) >= 11 is 0. The first-order valence-corrected chi connectivity index (χ1v) is 6.80. The van der Waals surface area contributed by atoms with Crippen LogP contribution in [-0.4, -0.2) is 42.0 Å². The molecule has 86 valence electrons. The van der Waals surface area contributed by atoms with Crippen LogP contribution in [0.3, 0.4) is 0 Å². The predicted octanol–water partition coefficient (Wildman–Crippen LogP) is 1.16. The van der Waals surface area contributed by atoms with E-state index in [1.165, 1.54) is 0 Å². The summed E-state index contributed by atoms with van der Waals surface area (Å²) < 4.78 is 16.6. The number of rotatable bonds is 9. The van der Waals surface area contributed by atoms with E-state index in [0.717, 1.165) is 25.1 Å². The molecule has 0 rings (SSSR count). The van der Waals surface area contributed by atoms with Crippen molar-refractivity contribution in [3.05, 3.63) is 0 Å². The third-order valence-corrected chi connectivity index (χ3v) is 3.49. The molecular weight excluding hydrogens is 198 g/mol. The maximum Gasteiger partial charge on any atom is 0.0624 e. The van der Waals surface area contributed by atoms with Gasteiger partial charge in [0.05, 0.1) is 6.61 Å². The smallest absolute Gasteiger partial charge is 0.0624 e. The third kappa shape index (κ3) is 7.47. The number of nitrogens with one attached hydrogen (secondary N) is 1. The maximum absolute atomic E-state index is 11.6. The van der Waals surface area contributed by atoms with Gasteiger partial charge < -0.3 is 10.1 Å². The van der Waals surface area contributed by atoms with E-state index in [-0.39, 0.29) is 6.04 Å². The number of ether oxygens (including phenoxy) is 1. The molecule has 1 N–H and O–H groups in total. The number of unbranched alkanes of at least 4 members (excludes halogenated alkanes) is 1. The Morgan fingerprint density at radius 2 is 2.14 bits per heavy atom. The standard InChI is InChI=1S/C10H23NO2S/c1-4-6-7-14(12)9-10(8-13-3)11-5-2/h10-11H,4-9H2,1-3H3. The number of hydrogen-bond acceptors (Lipinski definition) is 3. The Morgan fingerprint density at radius 3 is 2.64 bits per heavy atom. The van der Waals surface area contributed by atoms with Gasteiger partial charge in [0.1, 0.15) is 0 Å². The number of hydrogen-bond donors (Lipinski definition) is 1. The minimum Gasteiger partial charge on any atom is -0.383 e. The van der Waals surface area contributed by atoms with Crippen molar-refractivity contribution in [2.24, 2.45) is 0 Å². The first-order chi connectivity index (χ1) is 6.74. The summed E-state index contributed by atoms with van der Waals surface area (Å²) in [6, 6.07) is 0.239. The summed E-state index contributed by atoms with van der Waals surface area (Å²) in [6.07, 6.45) is 2.17. The third-order valence-electron chi connectivity index (χ3n) is 1.97. The van der Waals surface area contributed by atoms with Gasteiger partial charge >= 0.3 is 0 Å². The molecule has 0 aromatic heterocycles. The molecule has 0 heterocycles. The van der Waals surface area contributed by atoms with E-state index in [4.69, 9.17) is 4.74 Å². The van der Waals surface area contributed by atoms with Crippen LogP contribution in [0.1, 0.15) is 26.7 Å². The van der Waals surface area contributed by atoms with Crippen LogP contribution in [0.5, 0.6) is 0 Å². The average Bonchev–Trinajstić information content (AvgIpc) is 2.15. The molecule has 0 aromatic carbocycles.